The smallest absolute Gasteiger partial charge is 0.242 e. The second-order valence-corrected chi connectivity index (χ2v) is 8.07. The molecular formula is C15H26N2O3S. The van der Waals surface area contributed by atoms with Crippen LogP contribution in [-0.4, -0.2) is 46.1 Å². The van der Waals surface area contributed by atoms with Crippen molar-refractivity contribution in [1.29, 1.82) is 0 Å². The molecule has 1 N–H and O–H groups in total. The number of nitrogens with one attached hydrogen (secondary N) is 1. The van der Waals surface area contributed by atoms with Crippen LogP contribution in [0.3, 0.4) is 0 Å². The predicted molar refractivity (Wildman–Crippen MR) is 84.8 cm³/mol. The molecule has 0 aliphatic rings. The monoisotopic (exact) mass is 314 g/mol. The van der Waals surface area contributed by atoms with E-state index < -0.39 is 10.0 Å². The fraction of sp³-hybridized carbons (Fsp3) is 0.600. The van der Waals surface area contributed by atoms with Gasteiger partial charge in [-0.05, 0) is 38.5 Å². The fourth-order valence-electron chi connectivity index (χ4n) is 1.73. The molecule has 0 fully saturated rings. The lowest BCUT2D eigenvalue weighted by atomic mass is 10.1. The Morgan fingerprint density at radius 1 is 1.24 bits per heavy atom. The summed E-state index contributed by atoms with van der Waals surface area (Å²) in [5.74, 6) is 0. The van der Waals surface area contributed by atoms with Gasteiger partial charge in [-0.2, -0.15) is 0 Å². The van der Waals surface area contributed by atoms with Crippen molar-refractivity contribution < 1.29 is 13.2 Å². The lowest BCUT2D eigenvalue weighted by molar-refractivity contribution is 0.0214. The first kappa shape index (κ1) is 18.1. The van der Waals surface area contributed by atoms with Crippen molar-refractivity contribution in [2.45, 2.75) is 37.3 Å². The summed E-state index contributed by atoms with van der Waals surface area (Å²) in [5, 5.41) is 3.39. The third-order valence-electron chi connectivity index (χ3n) is 3.55. The quantitative estimate of drug-likeness (QED) is 0.836. The molecule has 120 valence electrons. The summed E-state index contributed by atoms with van der Waals surface area (Å²) in [6.45, 7) is 6.78. The highest BCUT2D eigenvalue weighted by atomic mass is 32.2. The first-order valence-corrected chi connectivity index (χ1v) is 8.35. The number of sulfonamides is 1. The van der Waals surface area contributed by atoms with Crippen LogP contribution in [0.5, 0.6) is 0 Å². The molecule has 0 bridgehead atoms. The van der Waals surface area contributed by atoms with Crippen LogP contribution in [0.4, 0.5) is 0 Å². The highest BCUT2D eigenvalue weighted by Gasteiger charge is 2.19. The van der Waals surface area contributed by atoms with E-state index in [4.69, 9.17) is 4.74 Å². The molecule has 0 aliphatic carbocycles. The molecule has 5 nitrogen and oxygen atoms in total. The third kappa shape index (κ3) is 4.78. The average Bonchev–Trinajstić information content (AvgIpc) is 2.44. The number of benzene rings is 1. The highest BCUT2D eigenvalue weighted by molar-refractivity contribution is 7.89. The zero-order valence-electron chi connectivity index (χ0n) is 13.7. The Hall–Kier alpha value is -0.950. The number of methoxy groups -OCH3 is 1. The summed E-state index contributed by atoms with van der Waals surface area (Å²) in [7, 11) is 1.38. The lowest BCUT2D eigenvalue weighted by Gasteiger charge is -2.26. The zero-order valence-corrected chi connectivity index (χ0v) is 14.5. The normalized spacial score (nSPS) is 14.4. The molecule has 1 aromatic rings. The maximum atomic E-state index is 12.0. The van der Waals surface area contributed by atoms with Gasteiger partial charge in [0.05, 0.1) is 10.5 Å². The molecule has 0 aromatic heterocycles. The molecule has 0 aliphatic heterocycles. The minimum absolute atomic E-state index is 0.121. The molecule has 0 saturated heterocycles. The van der Waals surface area contributed by atoms with E-state index in [2.05, 4.69) is 5.32 Å². The van der Waals surface area contributed by atoms with Gasteiger partial charge in [0.25, 0.3) is 0 Å². The van der Waals surface area contributed by atoms with Crippen molar-refractivity contribution in [2.24, 2.45) is 0 Å². The first-order chi connectivity index (χ1) is 9.60. The molecule has 0 heterocycles. The predicted octanol–water partition coefficient (Wildman–Crippen LogP) is 2.01. The molecule has 1 atom stereocenters. The number of ether oxygens (including phenoxy) is 1. The van der Waals surface area contributed by atoms with E-state index in [9.17, 15) is 8.42 Å². The molecule has 1 aromatic carbocycles. The van der Waals surface area contributed by atoms with Crippen LogP contribution < -0.4 is 5.32 Å². The Labute approximate surface area is 128 Å². The Morgan fingerprint density at radius 2 is 1.76 bits per heavy atom. The van der Waals surface area contributed by atoms with Crippen molar-refractivity contribution in [3.05, 3.63) is 29.8 Å². The highest BCUT2D eigenvalue weighted by Crippen LogP contribution is 2.18. The summed E-state index contributed by atoms with van der Waals surface area (Å²) in [4.78, 5) is 0.306. The summed E-state index contributed by atoms with van der Waals surface area (Å²) < 4.78 is 30.6. The van der Waals surface area contributed by atoms with Crippen LogP contribution in [-0.2, 0) is 14.8 Å². The summed E-state index contributed by atoms with van der Waals surface area (Å²) in [6, 6.07) is 7.09. The zero-order chi connectivity index (χ0) is 16.3. The van der Waals surface area contributed by atoms with E-state index in [-0.39, 0.29) is 11.6 Å². The summed E-state index contributed by atoms with van der Waals surface area (Å²) in [6.07, 6.45) is 0. The molecule has 0 amide bonds. The minimum Gasteiger partial charge on any atom is -0.377 e. The molecule has 21 heavy (non-hydrogen) atoms. The number of rotatable bonds is 7. The van der Waals surface area contributed by atoms with Gasteiger partial charge in [-0.1, -0.05) is 12.1 Å². The molecular weight excluding hydrogens is 288 g/mol. The average molecular weight is 314 g/mol. The van der Waals surface area contributed by atoms with E-state index in [1.165, 1.54) is 18.4 Å². The topological polar surface area (TPSA) is 58.6 Å². The van der Waals surface area contributed by atoms with E-state index in [1.807, 2.05) is 32.9 Å². The largest absolute Gasteiger partial charge is 0.377 e. The molecule has 0 saturated carbocycles. The Bertz CT molecular complexity index is 551. The van der Waals surface area contributed by atoms with Gasteiger partial charge in [-0.25, -0.2) is 12.7 Å². The summed E-state index contributed by atoms with van der Waals surface area (Å²) >= 11 is 0. The van der Waals surface area contributed by atoms with E-state index >= 15 is 0 Å². The van der Waals surface area contributed by atoms with E-state index in [0.29, 0.717) is 11.4 Å². The molecule has 0 radical (unpaired) electrons. The van der Waals surface area contributed by atoms with Crippen molar-refractivity contribution >= 4 is 10.0 Å². The van der Waals surface area contributed by atoms with Crippen molar-refractivity contribution in [1.82, 2.24) is 9.62 Å². The van der Waals surface area contributed by atoms with Crippen LogP contribution in [0.2, 0.25) is 0 Å². The van der Waals surface area contributed by atoms with Crippen LogP contribution in [0, 0.1) is 0 Å². The molecule has 1 unspecified atom stereocenters. The lowest BCUT2D eigenvalue weighted by Crippen LogP contribution is -2.37. The van der Waals surface area contributed by atoms with Crippen LogP contribution in [0.25, 0.3) is 0 Å². The third-order valence-corrected chi connectivity index (χ3v) is 5.37. The van der Waals surface area contributed by atoms with Crippen molar-refractivity contribution in [3.63, 3.8) is 0 Å². The molecule has 6 heteroatoms. The Kier molecular flexibility index (Phi) is 5.92. The van der Waals surface area contributed by atoms with Gasteiger partial charge in [0.15, 0.2) is 0 Å². The van der Waals surface area contributed by atoms with Crippen LogP contribution in [0.1, 0.15) is 32.4 Å². The van der Waals surface area contributed by atoms with Gasteiger partial charge in [0, 0.05) is 33.8 Å². The van der Waals surface area contributed by atoms with E-state index in [0.717, 1.165) is 5.56 Å². The maximum absolute atomic E-state index is 12.0. The van der Waals surface area contributed by atoms with Gasteiger partial charge in [-0.3, -0.25) is 0 Å². The second kappa shape index (κ2) is 6.87. The minimum atomic E-state index is -3.37. The van der Waals surface area contributed by atoms with Crippen molar-refractivity contribution in [2.75, 3.05) is 27.7 Å². The van der Waals surface area contributed by atoms with Gasteiger partial charge in [0.2, 0.25) is 10.0 Å². The van der Waals surface area contributed by atoms with Gasteiger partial charge in [0.1, 0.15) is 0 Å². The first-order valence-electron chi connectivity index (χ1n) is 6.91. The number of hydrogen-bond donors (Lipinski definition) is 1. The van der Waals surface area contributed by atoms with E-state index in [1.54, 1.807) is 19.2 Å². The SMILES string of the molecule is COC(C)(C)CNC(C)c1ccc(S(=O)(=O)N(C)C)cc1. The molecule has 1 rings (SSSR count). The van der Waals surface area contributed by atoms with Gasteiger partial charge < -0.3 is 10.1 Å². The Balaban J connectivity index is 2.79. The van der Waals surface area contributed by atoms with Crippen LogP contribution in [0.15, 0.2) is 29.2 Å². The maximum Gasteiger partial charge on any atom is 0.242 e. The second-order valence-electron chi connectivity index (χ2n) is 5.92. The fourth-order valence-corrected chi connectivity index (χ4v) is 2.63. The molecule has 0 spiro atoms. The van der Waals surface area contributed by atoms with Gasteiger partial charge in [-0.15, -0.1) is 0 Å². The summed E-state index contributed by atoms with van der Waals surface area (Å²) in [5.41, 5.74) is 0.808. The Morgan fingerprint density at radius 3 is 2.19 bits per heavy atom. The van der Waals surface area contributed by atoms with Gasteiger partial charge >= 0.3 is 0 Å². The standard InChI is InChI=1S/C15H26N2O3S/c1-12(16-11-15(2,3)20-6)13-7-9-14(10-8-13)21(18,19)17(4)5/h7-10,12,16H,11H2,1-6H3. The van der Waals surface area contributed by atoms with Crippen LogP contribution >= 0.6 is 0 Å². The van der Waals surface area contributed by atoms with Crippen molar-refractivity contribution in [3.8, 4) is 0 Å². The number of nitrogens with zero attached hydrogens (tertiary/aromatic N) is 1. The number of hydrogen-bond acceptors (Lipinski definition) is 4.